The van der Waals surface area contributed by atoms with E-state index in [9.17, 15) is 4.79 Å². The summed E-state index contributed by atoms with van der Waals surface area (Å²) in [5, 5.41) is 0. The lowest BCUT2D eigenvalue weighted by atomic mass is 9.78. The van der Waals surface area contributed by atoms with Crippen LogP contribution in [0.25, 0.3) is 0 Å². The van der Waals surface area contributed by atoms with Crippen LogP contribution in [0, 0.1) is 11.8 Å². The zero-order chi connectivity index (χ0) is 14.4. The molecule has 21 heavy (non-hydrogen) atoms. The largest absolute Gasteiger partial charge is 0.351 e. The Labute approximate surface area is 126 Å². The molecule has 2 aliphatic heterocycles. The van der Waals surface area contributed by atoms with Gasteiger partial charge in [0.1, 0.15) is 0 Å². The molecule has 1 saturated carbocycles. The van der Waals surface area contributed by atoms with Gasteiger partial charge in [0.15, 0.2) is 6.23 Å². The first-order chi connectivity index (χ1) is 10.2. The van der Waals surface area contributed by atoms with Gasteiger partial charge >= 0.3 is 0 Å². The predicted molar refractivity (Wildman–Crippen MR) is 80.5 cm³/mol. The lowest BCUT2D eigenvalue weighted by Gasteiger charge is -2.33. The lowest BCUT2D eigenvalue weighted by molar-refractivity contribution is -0.138. The number of carbonyl (C=O) groups is 1. The Bertz CT molecular complexity index is 543. The SMILES string of the molecule is C[C@@]12COC(c3ccccc3)N1C(=O)C1CCCCCC12. The Balaban J connectivity index is 1.71. The first-order valence-corrected chi connectivity index (χ1v) is 8.21. The van der Waals surface area contributed by atoms with Gasteiger partial charge in [-0.05, 0) is 25.7 Å². The maximum Gasteiger partial charge on any atom is 0.228 e. The van der Waals surface area contributed by atoms with E-state index in [0.29, 0.717) is 18.4 Å². The fraction of sp³-hybridized carbons (Fsp3) is 0.611. The van der Waals surface area contributed by atoms with E-state index in [1.165, 1.54) is 25.7 Å². The van der Waals surface area contributed by atoms with E-state index in [1.54, 1.807) is 0 Å². The van der Waals surface area contributed by atoms with E-state index >= 15 is 0 Å². The van der Waals surface area contributed by atoms with Crippen molar-refractivity contribution < 1.29 is 9.53 Å². The van der Waals surface area contributed by atoms with E-state index in [1.807, 2.05) is 18.2 Å². The highest BCUT2D eigenvalue weighted by molar-refractivity contribution is 5.83. The number of rotatable bonds is 1. The summed E-state index contributed by atoms with van der Waals surface area (Å²) < 4.78 is 6.07. The van der Waals surface area contributed by atoms with Crippen LogP contribution in [0.2, 0.25) is 0 Å². The highest BCUT2D eigenvalue weighted by Crippen LogP contribution is 2.53. The van der Waals surface area contributed by atoms with Crippen molar-refractivity contribution in [3.8, 4) is 0 Å². The van der Waals surface area contributed by atoms with Gasteiger partial charge in [-0.25, -0.2) is 0 Å². The van der Waals surface area contributed by atoms with Crippen molar-refractivity contribution in [3.05, 3.63) is 35.9 Å². The van der Waals surface area contributed by atoms with E-state index in [0.717, 1.165) is 12.0 Å². The second-order valence-corrected chi connectivity index (χ2v) is 6.99. The molecule has 4 rings (SSSR count). The third-order valence-corrected chi connectivity index (χ3v) is 5.77. The molecule has 3 aliphatic rings. The van der Waals surface area contributed by atoms with Gasteiger partial charge in [0.2, 0.25) is 5.91 Å². The molecule has 0 radical (unpaired) electrons. The third-order valence-electron chi connectivity index (χ3n) is 5.77. The molecule has 2 saturated heterocycles. The Morgan fingerprint density at radius 1 is 1.14 bits per heavy atom. The summed E-state index contributed by atoms with van der Waals surface area (Å²) in [5.41, 5.74) is 0.998. The van der Waals surface area contributed by atoms with Crippen LogP contribution in [0.3, 0.4) is 0 Å². The first-order valence-electron chi connectivity index (χ1n) is 8.21. The van der Waals surface area contributed by atoms with Crippen LogP contribution >= 0.6 is 0 Å². The quantitative estimate of drug-likeness (QED) is 0.790. The van der Waals surface area contributed by atoms with E-state index in [2.05, 4.69) is 24.0 Å². The Morgan fingerprint density at radius 3 is 2.71 bits per heavy atom. The average molecular weight is 285 g/mol. The van der Waals surface area contributed by atoms with Crippen molar-refractivity contribution in [2.45, 2.75) is 50.8 Å². The molecule has 3 heteroatoms. The maximum atomic E-state index is 13.0. The summed E-state index contributed by atoms with van der Waals surface area (Å²) in [7, 11) is 0. The van der Waals surface area contributed by atoms with Gasteiger partial charge in [0, 0.05) is 11.5 Å². The molecule has 3 fully saturated rings. The average Bonchev–Trinajstić information content (AvgIpc) is 2.80. The van der Waals surface area contributed by atoms with Crippen LogP contribution in [-0.2, 0) is 9.53 Å². The van der Waals surface area contributed by atoms with Gasteiger partial charge in [-0.1, -0.05) is 49.6 Å². The highest BCUT2D eigenvalue weighted by Gasteiger charge is 2.61. The molecule has 4 atom stereocenters. The van der Waals surface area contributed by atoms with Crippen LogP contribution in [0.5, 0.6) is 0 Å². The summed E-state index contributed by atoms with van der Waals surface area (Å²) in [6, 6.07) is 10.2. The van der Waals surface area contributed by atoms with Crippen LogP contribution in [-0.4, -0.2) is 23.0 Å². The molecule has 0 spiro atoms. The van der Waals surface area contributed by atoms with Gasteiger partial charge in [-0.15, -0.1) is 0 Å². The van der Waals surface area contributed by atoms with Crippen LogP contribution in [0.1, 0.15) is 50.8 Å². The molecule has 1 aliphatic carbocycles. The normalized spacial score (nSPS) is 39.0. The zero-order valence-electron chi connectivity index (χ0n) is 12.6. The summed E-state index contributed by atoms with van der Waals surface area (Å²) in [6.07, 6.45) is 5.79. The van der Waals surface area contributed by atoms with Crippen LogP contribution < -0.4 is 0 Å². The molecule has 3 unspecified atom stereocenters. The van der Waals surface area contributed by atoms with Gasteiger partial charge in [0.05, 0.1) is 12.1 Å². The van der Waals surface area contributed by atoms with Crippen LogP contribution in [0.15, 0.2) is 30.3 Å². The molecule has 0 N–H and O–H groups in total. The number of hydrogen-bond donors (Lipinski definition) is 0. The molecule has 1 aromatic carbocycles. The molecule has 2 heterocycles. The van der Waals surface area contributed by atoms with Crippen LogP contribution in [0.4, 0.5) is 0 Å². The van der Waals surface area contributed by atoms with Gasteiger partial charge in [-0.3, -0.25) is 4.79 Å². The predicted octanol–water partition coefficient (Wildman–Crippen LogP) is 3.51. The topological polar surface area (TPSA) is 29.5 Å². The Hall–Kier alpha value is -1.35. The van der Waals surface area contributed by atoms with Gasteiger partial charge in [-0.2, -0.15) is 0 Å². The van der Waals surface area contributed by atoms with E-state index in [4.69, 9.17) is 4.74 Å². The fourth-order valence-corrected chi connectivity index (χ4v) is 4.70. The minimum absolute atomic E-state index is 0.105. The fourth-order valence-electron chi connectivity index (χ4n) is 4.70. The molecule has 1 amide bonds. The van der Waals surface area contributed by atoms with Crippen molar-refractivity contribution in [1.29, 1.82) is 0 Å². The standard InChI is InChI=1S/C18H23NO2/c1-18-12-21-17(13-8-4-2-5-9-13)19(18)16(20)14-10-6-3-7-11-15(14)18/h2,4-5,8-9,14-15,17H,3,6-7,10-12H2,1H3/t14?,15?,17?,18-/m0/s1. The monoisotopic (exact) mass is 285 g/mol. The van der Waals surface area contributed by atoms with Crippen molar-refractivity contribution in [1.82, 2.24) is 4.90 Å². The number of hydrogen-bond acceptors (Lipinski definition) is 2. The van der Waals surface area contributed by atoms with Crippen molar-refractivity contribution in [2.75, 3.05) is 6.61 Å². The molecule has 1 aromatic rings. The highest BCUT2D eigenvalue weighted by atomic mass is 16.5. The summed E-state index contributed by atoms with van der Waals surface area (Å²) in [4.78, 5) is 15.1. The number of nitrogens with zero attached hydrogens (tertiary/aromatic N) is 1. The molecule has 3 nitrogen and oxygen atoms in total. The third kappa shape index (κ3) is 1.87. The van der Waals surface area contributed by atoms with Gasteiger partial charge < -0.3 is 9.64 Å². The molecule has 0 aromatic heterocycles. The summed E-state index contributed by atoms with van der Waals surface area (Å²) >= 11 is 0. The summed E-state index contributed by atoms with van der Waals surface area (Å²) in [5.74, 6) is 1.03. The smallest absolute Gasteiger partial charge is 0.228 e. The Morgan fingerprint density at radius 2 is 1.90 bits per heavy atom. The van der Waals surface area contributed by atoms with Gasteiger partial charge in [0.25, 0.3) is 0 Å². The molecule has 0 bridgehead atoms. The minimum atomic E-state index is -0.185. The number of carbonyl (C=O) groups excluding carboxylic acids is 1. The van der Waals surface area contributed by atoms with Crippen molar-refractivity contribution >= 4 is 5.91 Å². The Kier molecular flexibility index (Phi) is 3.07. The number of benzene rings is 1. The van der Waals surface area contributed by atoms with Crippen molar-refractivity contribution in [3.63, 3.8) is 0 Å². The summed E-state index contributed by atoms with van der Waals surface area (Å²) in [6.45, 7) is 2.92. The number of amides is 1. The molecular weight excluding hydrogens is 262 g/mol. The zero-order valence-corrected chi connectivity index (χ0v) is 12.6. The number of ether oxygens (including phenoxy) is 1. The first kappa shape index (κ1) is 13.3. The van der Waals surface area contributed by atoms with E-state index in [-0.39, 0.29) is 17.7 Å². The second kappa shape index (κ2) is 4.84. The van der Waals surface area contributed by atoms with Crippen molar-refractivity contribution in [2.24, 2.45) is 11.8 Å². The molecular formula is C18H23NO2. The maximum absolute atomic E-state index is 13.0. The lowest BCUT2D eigenvalue weighted by Crippen LogP contribution is -2.44. The number of fused-ring (bicyclic) bond motifs is 3. The minimum Gasteiger partial charge on any atom is -0.351 e. The second-order valence-electron chi connectivity index (χ2n) is 6.99. The van der Waals surface area contributed by atoms with E-state index < -0.39 is 0 Å². The molecule has 112 valence electrons.